The fourth-order valence-corrected chi connectivity index (χ4v) is 1.50. The lowest BCUT2D eigenvalue weighted by Crippen LogP contribution is -2.04. The maximum Gasteiger partial charge on any atom is 0.323 e. The second-order valence-corrected chi connectivity index (χ2v) is 4.13. The number of carbonyl (C=O) groups is 1. The van der Waals surface area contributed by atoms with Crippen molar-refractivity contribution >= 4 is 44.8 Å². The number of halogens is 3. The van der Waals surface area contributed by atoms with E-state index in [0.29, 0.717) is 9.37 Å². The van der Waals surface area contributed by atoms with Crippen molar-refractivity contribution in [1.29, 1.82) is 0 Å². The van der Waals surface area contributed by atoms with E-state index in [4.69, 9.17) is 11.6 Å². The van der Waals surface area contributed by atoms with E-state index in [2.05, 4.69) is 20.7 Å². The summed E-state index contributed by atoms with van der Waals surface area (Å²) in [5.41, 5.74) is 0. The topological polar surface area (TPSA) is 29.1 Å². The molecule has 0 heterocycles. The largest absolute Gasteiger partial charge is 0.323 e. The second-order valence-electron chi connectivity index (χ2n) is 2.05. The van der Waals surface area contributed by atoms with Gasteiger partial charge < -0.3 is 0 Å². The average molecular weight is 285 g/mol. The van der Waals surface area contributed by atoms with Crippen LogP contribution in [0.15, 0.2) is 27.6 Å². The highest BCUT2D eigenvalue weighted by Crippen LogP contribution is 2.21. The number of benzene rings is 1. The number of hydrogen-bond acceptors (Lipinski definition) is 2. The van der Waals surface area contributed by atoms with Gasteiger partial charge in [-0.1, -0.05) is 0 Å². The van der Waals surface area contributed by atoms with Crippen molar-refractivity contribution < 1.29 is 9.18 Å². The fraction of sp³-hybridized carbons (Fsp3) is 0. The van der Waals surface area contributed by atoms with Crippen LogP contribution < -0.4 is 4.72 Å². The lowest BCUT2D eigenvalue weighted by atomic mass is 10.3. The third-order valence-electron chi connectivity index (χ3n) is 1.14. The zero-order valence-electron chi connectivity index (χ0n) is 6.18. The van der Waals surface area contributed by atoms with E-state index in [1.807, 2.05) is 0 Å². The van der Waals surface area contributed by atoms with Gasteiger partial charge >= 0.3 is 5.37 Å². The molecule has 0 aliphatic carbocycles. The monoisotopic (exact) mass is 283 g/mol. The number of hydrogen-bond donors (Lipinski definition) is 1. The van der Waals surface area contributed by atoms with Crippen molar-refractivity contribution in [3.63, 3.8) is 0 Å². The van der Waals surface area contributed by atoms with Crippen molar-refractivity contribution in [3.05, 3.63) is 28.5 Å². The quantitative estimate of drug-likeness (QED) is 0.511. The Labute approximate surface area is 92.1 Å². The maximum atomic E-state index is 12.9. The molecule has 0 aliphatic rings. The summed E-state index contributed by atoms with van der Waals surface area (Å²) in [5, 5.41) is -0.687. The van der Waals surface area contributed by atoms with Crippen LogP contribution in [0.1, 0.15) is 0 Å². The minimum Gasteiger partial charge on any atom is -0.282 e. The number of rotatable bonds is 2. The smallest absolute Gasteiger partial charge is 0.282 e. The minimum absolute atomic E-state index is 0.381. The van der Waals surface area contributed by atoms with Gasteiger partial charge in [0.05, 0.1) is 4.47 Å². The zero-order chi connectivity index (χ0) is 9.84. The molecule has 13 heavy (non-hydrogen) atoms. The molecule has 2 nitrogen and oxygen atoms in total. The molecule has 6 heteroatoms. The summed E-state index contributed by atoms with van der Waals surface area (Å²) in [6.45, 7) is 0. The Balaban J connectivity index is 2.68. The normalized spacial score (nSPS) is 9.77. The molecule has 0 fully saturated rings. The highest BCUT2D eigenvalue weighted by atomic mass is 79.9. The van der Waals surface area contributed by atoms with Gasteiger partial charge in [0.15, 0.2) is 0 Å². The van der Waals surface area contributed by atoms with Crippen LogP contribution in [-0.2, 0) is 0 Å². The van der Waals surface area contributed by atoms with Crippen LogP contribution in [0, 0.1) is 5.82 Å². The van der Waals surface area contributed by atoms with Gasteiger partial charge in [0.25, 0.3) is 0 Å². The van der Waals surface area contributed by atoms with Crippen LogP contribution in [0.3, 0.4) is 0 Å². The molecule has 1 N–H and O–H groups in total. The molecule has 0 spiro atoms. The lowest BCUT2D eigenvalue weighted by Gasteiger charge is -2.00. The summed E-state index contributed by atoms with van der Waals surface area (Å²) in [5.74, 6) is -0.381. The van der Waals surface area contributed by atoms with Crippen LogP contribution in [0.5, 0.6) is 0 Å². The molecule has 1 aromatic rings. The van der Waals surface area contributed by atoms with Gasteiger partial charge in [-0.3, -0.25) is 9.52 Å². The van der Waals surface area contributed by atoms with Gasteiger partial charge in [-0.15, -0.1) is 0 Å². The van der Waals surface area contributed by atoms with Crippen molar-refractivity contribution in [1.82, 2.24) is 4.72 Å². The molecular weight excluding hydrogens is 281 g/mol. The predicted molar refractivity (Wildman–Crippen MR) is 54.3 cm³/mol. The molecule has 0 bridgehead atoms. The van der Waals surface area contributed by atoms with Crippen LogP contribution in [0.25, 0.3) is 0 Å². The van der Waals surface area contributed by atoms with Crippen LogP contribution >= 0.6 is 39.5 Å². The molecule has 0 radical (unpaired) electrons. The van der Waals surface area contributed by atoms with Crippen LogP contribution in [0.2, 0.25) is 0 Å². The molecule has 0 saturated carbocycles. The Morgan fingerprint density at radius 1 is 1.62 bits per heavy atom. The maximum absolute atomic E-state index is 12.9. The molecule has 0 aromatic heterocycles. The Morgan fingerprint density at radius 2 is 2.31 bits per heavy atom. The van der Waals surface area contributed by atoms with Gasteiger partial charge in [0.2, 0.25) is 0 Å². The summed E-state index contributed by atoms with van der Waals surface area (Å²) in [6, 6.07) is 4.50. The van der Waals surface area contributed by atoms with Gasteiger partial charge in [-0.2, -0.15) is 0 Å². The molecule has 1 aromatic carbocycles. The van der Waals surface area contributed by atoms with E-state index in [1.54, 1.807) is 12.1 Å². The van der Waals surface area contributed by atoms with Crippen molar-refractivity contribution in [3.8, 4) is 0 Å². The van der Waals surface area contributed by atoms with Crippen LogP contribution in [0.4, 0.5) is 9.18 Å². The Kier molecular flexibility index (Phi) is 4.02. The second kappa shape index (κ2) is 4.83. The highest BCUT2D eigenvalue weighted by molar-refractivity contribution is 9.10. The third-order valence-corrected chi connectivity index (χ3v) is 2.77. The van der Waals surface area contributed by atoms with E-state index >= 15 is 0 Å². The first-order valence-electron chi connectivity index (χ1n) is 3.17. The molecule has 0 unspecified atom stereocenters. The molecule has 1 amide bonds. The summed E-state index contributed by atoms with van der Waals surface area (Å²) in [6.07, 6.45) is 0. The SMILES string of the molecule is O=C(Cl)NSc1ccc(Br)c(F)c1. The van der Waals surface area contributed by atoms with Crippen molar-refractivity contribution in [2.75, 3.05) is 0 Å². The van der Waals surface area contributed by atoms with Crippen molar-refractivity contribution in [2.45, 2.75) is 4.90 Å². The van der Waals surface area contributed by atoms with E-state index in [9.17, 15) is 9.18 Å². The van der Waals surface area contributed by atoms with Crippen LogP contribution in [-0.4, -0.2) is 5.37 Å². The zero-order valence-corrected chi connectivity index (χ0v) is 9.34. The predicted octanol–water partition coefficient (Wildman–Crippen LogP) is 3.54. The highest BCUT2D eigenvalue weighted by Gasteiger charge is 2.02. The van der Waals surface area contributed by atoms with E-state index in [-0.39, 0.29) is 5.82 Å². The van der Waals surface area contributed by atoms with Gasteiger partial charge in [0, 0.05) is 4.90 Å². The molecular formula is C7H4BrClFNOS. The molecule has 1 rings (SSSR count). The number of nitrogens with one attached hydrogen (secondary N) is 1. The minimum atomic E-state index is -0.687. The van der Waals surface area contributed by atoms with E-state index < -0.39 is 5.37 Å². The summed E-state index contributed by atoms with van der Waals surface area (Å²) < 4.78 is 15.6. The molecule has 0 aliphatic heterocycles. The summed E-state index contributed by atoms with van der Waals surface area (Å²) in [7, 11) is 0. The molecule has 0 atom stereocenters. The summed E-state index contributed by atoms with van der Waals surface area (Å²) in [4.78, 5) is 10.9. The third kappa shape index (κ3) is 3.54. The Hall–Kier alpha value is -0.260. The Morgan fingerprint density at radius 3 is 2.85 bits per heavy atom. The first-order valence-corrected chi connectivity index (χ1v) is 5.15. The Bertz CT molecular complexity index is 336. The van der Waals surface area contributed by atoms with E-state index in [1.165, 1.54) is 6.07 Å². The number of carbonyl (C=O) groups excluding carboxylic acids is 1. The standard InChI is InChI=1S/C7H4BrClFNOS/c8-5-2-1-4(3-6(5)10)13-11-7(9)12/h1-3H,(H,11,12). The van der Waals surface area contributed by atoms with Gasteiger partial charge in [-0.25, -0.2) is 4.39 Å². The molecule has 0 saturated heterocycles. The first kappa shape index (κ1) is 10.8. The van der Waals surface area contributed by atoms with E-state index in [0.717, 1.165) is 11.9 Å². The van der Waals surface area contributed by atoms with Crippen molar-refractivity contribution in [2.24, 2.45) is 0 Å². The van der Waals surface area contributed by atoms with Gasteiger partial charge in [0.1, 0.15) is 5.82 Å². The fourth-order valence-electron chi connectivity index (χ4n) is 0.639. The average Bonchev–Trinajstić information content (AvgIpc) is 2.07. The van der Waals surface area contributed by atoms with Gasteiger partial charge in [-0.05, 0) is 57.7 Å². The lowest BCUT2D eigenvalue weighted by molar-refractivity contribution is 0.264. The number of amides is 1. The summed E-state index contributed by atoms with van der Waals surface area (Å²) >= 11 is 9.00. The molecule has 70 valence electrons. The first-order chi connectivity index (χ1) is 6.09.